The molecule has 1 aromatic carbocycles. The van der Waals surface area contributed by atoms with Crippen molar-refractivity contribution in [2.75, 3.05) is 0 Å². The highest BCUT2D eigenvalue weighted by molar-refractivity contribution is 5.94. The van der Waals surface area contributed by atoms with Gasteiger partial charge in [0.05, 0.1) is 17.3 Å². The molecule has 23 heavy (non-hydrogen) atoms. The normalized spacial score (nSPS) is 11.9. The van der Waals surface area contributed by atoms with Crippen molar-refractivity contribution in [2.45, 2.75) is 19.9 Å². The van der Waals surface area contributed by atoms with Crippen molar-refractivity contribution in [3.05, 3.63) is 77.9 Å². The second kappa shape index (κ2) is 6.44. The minimum atomic E-state index is -0.130. The van der Waals surface area contributed by atoms with Gasteiger partial charge < -0.3 is 5.32 Å². The highest BCUT2D eigenvalue weighted by Crippen LogP contribution is 2.17. The van der Waals surface area contributed by atoms with Gasteiger partial charge in [-0.1, -0.05) is 12.1 Å². The van der Waals surface area contributed by atoms with Gasteiger partial charge in [-0.05, 0) is 49.7 Å². The minimum absolute atomic E-state index is 0.112. The molecule has 0 unspecified atom stereocenters. The zero-order chi connectivity index (χ0) is 16.2. The number of aromatic nitrogens is 3. The molecule has 0 saturated heterocycles. The van der Waals surface area contributed by atoms with Crippen LogP contribution in [-0.4, -0.2) is 20.7 Å². The third kappa shape index (κ3) is 3.45. The SMILES string of the molecule is Cc1ccc(C(=O)N[C@@H](C)c2cccc(-n3cccn3)c2)cn1. The molecule has 5 heteroatoms. The Morgan fingerprint density at radius 1 is 1.22 bits per heavy atom. The molecular formula is C18H18N4O. The summed E-state index contributed by atoms with van der Waals surface area (Å²) in [6, 6.07) is 13.3. The smallest absolute Gasteiger partial charge is 0.253 e. The van der Waals surface area contributed by atoms with E-state index in [4.69, 9.17) is 0 Å². The number of aryl methyl sites for hydroxylation is 1. The lowest BCUT2D eigenvalue weighted by Gasteiger charge is -2.15. The number of carbonyl (C=O) groups excluding carboxylic acids is 1. The number of hydrogen-bond acceptors (Lipinski definition) is 3. The molecule has 2 aromatic heterocycles. The molecule has 0 fully saturated rings. The number of nitrogens with one attached hydrogen (secondary N) is 1. The molecule has 1 atom stereocenters. The fourth-order valence-electron chi connectivity index (χ4n) is 2.32. The first-order valence-electron chi connectivity index (χ1n) is 7.47. The van der Waals surface area contributed by atoms with Gasteiger partial charge in [0.25, 0.3) is 5.91 Å². The van der Waals surface area contributed by atoms with Gasteiger partial charge in [0.1, 0.15) is 0 Å². The molecule has 1 amide bonds. The van der Waals surface area contributed by atoms with Crippen LogP contribution in [0.1, 0.15) is 34.6 Å². The lowest BCUT2D eigenvalue weighted by molar-refractivity contribution is 0.0939. The van der Waals surface area contributed by atoms with Crippen LogP contribution in [0.4, 0.5) is 0 Å². The molecule has 0 aliphatic carbocycles. The number of carbonyl (C=O) groups is 1. The van der Waals surface area contributed by atoms with E-state index in [1.807, 2.05) is 56.4 Å². The Morgan fingerprint density at radius 2 is 2.09 bits per heavy atom. The van der Waals surface area contributed by atoms with Crippen LogP contribution < -0.4 is 5.32 Å². The number of pyridine rings is 1. The Bertz CT molecular complexity index is 794. The number of amides is 1. The molecule has 3 aromatic rings. The van der Waals surface area contributed by atoms with E-state index in [-0.39, 0.29) is 11.9 Å². The Balaban J connectivity index is 1.75. The van der Waals surface area contributed by atoms with Crippen LogP contribution in [0, 0.1) is 6.92 Å². The highest BCUT2D eigenvalue weighted by Gasteiger charge is 2.12. The van der Waals surface area contributed by atoms with Gasteiger partial charge in [-0.25, -0.2) is 4.68 Å². The van der Waals surface area contributed by atoms with Crippen LogP contribution in [0.5, 0.6) is 0 Å². The van der Waals surface area contributed by atoms with Crippen LogP contribution in [0.2, 0.25) is 0 Å². The van der Waals surface area contributed by atoms with Crippen molar-refractivity contribution in [1.29, 1.82) is 0 Å². The predicted molar refractivity (Wildman–Crippen MR) is 88.4 cm³/mol. The summed E-state index contributed by atoms with van der Waals surface area (Å²) in [6.07, 6.45) is 5.22. The van der Waals surface area contributed by atoms with Gasteiger partial charge in [-0.3, -0.25) is 9.78 Å². The molecule has 0 spiro atoms. The van der Waals surface area contributed by atoms with Crippen molar-refractivity contribution in [3.8, 4) is 5.69 Å². The summed E-state index contributed by atoms with van der Waals surface area (Å²) >= 11 is 0. The molecule has 3 rings (SSSR count). The molecular weight excluding hydrogens is 288 g/mol. The molecule has 0 aliphatic heterocycles. The molecule has 0 radical (unpaired) electrons. The van der Waals surface area contributed by atoms with E-state index in [2.05, 4.69) is 15.4 Å². The molecule has 2 heterocycles. The third-order valence-electron chi connectivity index (χ3n) is 3.66. The van der Waals surface area contributed by atoms with Crippen molar-refractivity contribution in [1.82, 2.24) is 20.1 Å². The van der Waals surface area contributed by atoms with E-state index in [1.165, 1.54) is 0 Å². The van der Waals surface area contributed by atoms with E-state index in [1.54, 1.807) is 23.1 Å². The van der Waals surface area contributed by atoms with Crippen LogP contribution in [0.25, 0.3) is 5.69 Å². The number of benzene rings is 1. The maximum absolute atomic E-state index is 12.3. The van der Waals surface area contributed by atoms with Crippen LogP contribution >= 0.6 is 0 Å². The lowest BCUT2D eigenvalue weighted by Crippen LogP contribution is -2.26. The molecule has 1 N–H and O–H groups in total. The molecule has 116 valence electrons. The van der Waals surface area contributed by atoms with Gasteiger partial charge in [-0.15, -0.1) is 0 Å². The number of nitrogens with zero attached hydrogens (tertiary/aromatic N) is 3. The predicted octanol–water partition coefficient (Wildman–Crippen LogP) is 3.07. The summed E-state index contributed by atoms with van der Waals surface area (Å²) < 4.78 is 1.79. The quantitative estimate of drug-likeness (QED) is 0.806. The monoisotopic (exact) mass is 306 g/mol. The summed E-state index contributed by atoms with van der Waals surface area (Å²) in [5.41, 5.74) is 3.43. The second-order valence-electron chi connectivity index (χ2n) is 5.43. The first-order valence-corrected chi connectivity index (χ1v) is 7.47. The zero-order valence-corrected chi connectivity index (χ0v) is 13.1. The zero-order valence-electron chi connectivity index (χ0n) is 13.1. The van der Waals surface area contributed by atoms with E-state index in [0.29, 0.717) is 5.56 Å². The summed E-state index contributed by atoms with van der Waals surface area (Å²) in [4.78, 5) is 16.4. The largest absolute Gasteiger partial charge is 0.345 e. The molecule has 0 aliphatic rings. The van der Waals surface area contributed by atoms with Crippen LogP contribution in [-0.2, 0) is 0 Å². The Hall–Kier alpha value is -2.95. The summed E-state index contributed by atoms with van der Waals surface area (Å²) in [7, 11) is 0. The topological polar surface area (TPSA) is 59.8 Å². The van der Waals surface area contributed by atoms with Gasteiger partial charge in [0.2, 0.25) is 0 Å². The average Bonchev–Trinajstić information content (AvgIpc) is 3.10. The third-order valence-corrected chi connectivity index (χ3v) is 3.66. The van der Waals surface area contributed by atoms with E-state index in [0.717, 1.165) is 16.9 Å². The fraction of sp³-hybridized carbons (Fsp3) is 0.167. The summed E-state index contributed by atoms with van der Waals surface area (Å²) in [5, 5.41) is 7.22. The van der Waals surface area contributed by atoms with Gasteiger partial charge in [-0.2, -0.15) is 5.10 Å². The van der Waals surface area contributed by atoms with Crippen molar-refractivity contribution >= 4 is 5.91 Å². The molecule has 5 nitrogen and oxygen atoms in total. The number of rotatable bonds is 4. The van der Waals surface area contributed by atoms with Gasteiger partial charge in [0.15, 0.2) is 0 Å². The Morgan fingerprint density at radius 3 is 2.78 bits per heavy atom. The van der Waals surface area contributed by atoms with Gasteiger partial charge in [0, 0.05) is 24.3 Å². The fourth-order valence-corrected chi connectivity index (χ4v) is 2.32. The maximum atomic E-state index is 12.3. The van der Waals surface area contributed by atoms with E-state index in [9.17, 15) is 4.79 Å². The maximum Gasteiger partial charge on any atom is 0.253 e. The van der Waals surface area contributed by atoms with Crippen molar-refractivity contribution in [3.63, 3.8) is 0 Å². The summed E-state index contributed by atoms with van der Waals surface area (Å²) in [5.74, 6) is -0.130. The average molecular weight is 306 g/mol. The second-order valence-corrected chi connectivity index (χ2v) is 5.43. The van der Waals surface area contributed by atoms with E-state index < -0.39 is 0 Å². The van der Waals surface area contributed by atoms with Crippen LogP contribution in [0.15, 0.2) is 61.1 Å². The number of hydrogen-bond donors (Lipinski definition) is 1. The standard InChI is InChI=1S/C18H18N4O/c1-13-7-8-16(12-19-13)18(23)21-14(2)15-5-3-6-17(11-15)22-10-4-9-20-22/h3-12,14H,1-2H3,(H,21,23)/t14-/m0/s1. The van der Waals surface area contributed by atoms with Crippen molar-refractivity contribution < 1.29 is 4.79 Å². The van der Waals surface area contributed by atoms with Crippen molar-refractivity contribution in [2.24, 2.45) is 0 Å². The molecule has 0 bridgehead atoms. The van der Waals surface area contributed by atoms with Gasteiger partial charge >= 0.3 is 0 Å². The van der Waals surface area contributed by atoms with E-state index >= 15 is 0 Å². The first kappa shape index (κ1) is 15.0. The first-order chi connectivity index (χ1) is 11.1. The lowest BCUT2D eigenvalue weighted by atomic mass is 10.1. The molecule has 0 saturated carbocycles. The minimum Gasteiger partial charge on any atom is -0.345 e. The van der Waals surface area contributed by atoms with Crippen LogP contribution in [0.3, 0.4) is 0 Å². The Labute approximate surface area is 135 Å². The highest BCUT2D eigenvalue weighted by atomic mass is 16.1. The Kier molecular flexibility index (Phi) is 4.19. The summed E-state index contributed by atoms with van der Waals surface area (Å²) in [6.45, 7) is 3.85.